The van der Waals surface area contributed by atoms with Gasteiger partial charge in [0.05, 0.1) is 6.61 Å². The first-order chi connectivity index (χ1) is 6.36. The molecule has 0 saturated carbocycles. The van der Waals surface area contributed by atoms with Crippen molar-refractivity contribution in [1.29, 1.82) is 0 Å². The summed E-state index contributed by atoms with van der Waals surface area (Å²) >= 11 is 0. The van der Waals surface area contributed by atoms with Gasteiger partial charge in [-0.05, 0) is 13.5 Å². The third-order valence-electron chi connectivity index (χ3n) is 2.79. The largest absolute Gasteiger partial charge is 0.350 e. The average Bonchev–Trinajstić information content (AvgIpc) is 2.20. The molecule has 1 unspecified atom stereocenters. The van der Waals surface area contributed by atoms with E-state index in [2.05, 4.69) is 22.2 Å². The zero-order valence-electron chi connectivity index (χ0n) is 8.33. The number of hydrogen-bond acceptors (Lipinski definition) is 4. The van der Waals surface area contributed by atoms with Gasteiger partial charge >= 0.3 is 0 Å². The molecule has 1 atom stereocenters. The Morgan fingerprint density at radius 3 is 2.62 bits per heavy atom. The summed E-state index contributed by atoms with van der Waals surface area (Å²) in [6.45, 7) is 6.55. The topological polar surface area (TPSA) is 27.7 Å². The van der Waals surface area contributed by atoms with Crippen molar-refractivity contribution in [3.8, 4) is 0 Å². The van der Waals surface area contributed by atoms with Crippen molar-refractivity contribution in [2.45, 2.75) is 12.8 Å². The van der Waals surface area contributed by atoms with Crippen molar-refractivity contribution in [2.24, 2.45) is 0 Å². The molecule has 2 rings (SSSR count). The quantitative estimate of drug-likeness (QED) is 0.597. The normalized spacial score (nSPS) is 33.5. The highest BCUT2D eigenvalue weighted by molar-refractivity contribution is 4.72. The zero-order valence-corrected chi connectivity index (χ0v) is 8.33. The molecule has 2 saturated heterocycles. The molecule has 4 nitrogen and oxygen atoms in total. The van der Waals surface area contributed by atoms with Crippen molar-refractivity contribution >= 4 is 0 Å². The molecule has 2 aliphatic heterocycles. The van der Waals surface area contributed by atoms with Gasteiger partial charge < -0.3 is 9.64 Å². The van der Waals surface area contributed by atoms with Crippen molar-refractivity contribution in [2.75, 3.05) is 46.4 Å². The van der Waals surface area contributed by atoms with Crippen LogP contribution in [0, 0.1) is 0 Å². The van der Waals surface area contributed by atoms with E-state index in [-0.39, 0.29) is 6.35 Å². The number of hydrogen-bond donors (Lipinski definition) is 1. The van der Waals surface area contributed by atoms with Gasteiger partial charge in [-0.25, -0.2) is 0 Å². The maximum Gasteiger partial charge on any atom is 0.166 e. The molecule has 2 fully saturated rings. The van der Waals surface area contributed by atoms with Crippen LogP contribution >= 0.6 is 0 Å². The van der Waals surface area contributed by atoms with Crippen LogP contribution in [0.25, 0.3) is 0 Å². The number of ether oxygens (including phenoxy) is 1. The number of nitrogens with zero attached hydrogens (tertiary/aromatic N) is 2. The molecule has 0 aromatic carbocycles. The first-order valence-corrected chi connectivity index (χ1v) is 5.14. The maximum atomic E-state index is 5.65. The summed E-state index contributed by atoms with van der Waals surface area (Å²) in [7, 11) is 2.17. The Morgan fingerprint density at radius 2 is 2.00 bits per heavy atom. The van der Waals surface area contributed by atoms with Crippen LogP contribution in [0.4, 0.5) is 0 Å². The fraction of sp³-hybridized carbons (Fsp3) is 1.00. The van der Waals surface area contributed by atoms with Gasteiger partial charge in [0.25, 0.3) is 0 Å². The van der Waals surface area contributed by atoms with E-state index in [4.69, 9.17) is 4.74 Å². The van der Waals surface area contributed by atoms with E-state index >= 15 is 0 Å². The summed E-state index contributed by atoms with van der Waals surface area (Å²) in [5.41, 5.74) is 0. The SMILES string of the molecule is CN1CCN(C2NCCCO2)CC1. The molecular formula is C9H19N3O. The molecule has 0 aromatic rings. The summed E-state index contributed by atoms with van der Waals surface area (Å²) in [5, 5.41) is 3.39. The molecule has 2 aliphatic rings. The minimum Gasteiger partial charge on any atom is -0.350 e. The van der Waals surface area contributed by atoms with Gasteiger partial charge in [-0.1, -0.05) is 0 Å². The van der Waals surface area contributed by atoms with Crippen molar-refractivity contribution in [3.63, 3.8) is 0 Å². The second-order valence-corrected chi connectivity index (χ2v) is 3.87. The van der Waals surface area contributed by atoms with Crippen LogP contribution in [0.3, 0.4) is 0 Å². The van der Waals surface area contributed by atoms with Gasteiger partial charge in [-0.3, -0.25) is 10.2 Å². The minimum absolute atomic E-state index is 0.183. The van der Waals surface area contributed by atoms with E-state index in [1.165, 1.54) is 0 Å². The molecule has 0 amide bonds. The molecule has 0 aliphatic carbocycles. The smallest absolute Gasteiger partial charge is 0.166 e. The van der Waals surface area contributed by atoms with Crippen LogP contribution in [-0.4, -0.2) is 62.5 Å². The van der Waals surface area contributed by atoms with Crippen LogP contribution in [-0.2, 0) is 4.74 Å². The van der Waals surface area contributed by atoms with E-state index in [1.807, 2.05) is 0 Å². The third-order valence-corrected chi connectivity index (χ3v) is 2.79. The Morgan fingerprint density at radius 1 is 1.23 bits per heavy atom. The molecule has 0 spiro atoms. The van der Waals surface area contributed by atoms with Gasteiger partial charge in [0.2, 0.25) is 0 Å². The Hall–Kier alpha value is -0.160. The predicted molar refractivity (Wildman–Crippen MR) is 51.4 cm³/mol. The van der Waals surface area contributed by atoms with Crippen molar-refractivity contribution < 1.29 is 4.74 Å². The highest BCUT2D eigenvalue weighted by Gasteiger charge is 2.23. The average molecular weight is 185 g/mol. The number of nitrogens with one attached hydrogen (secondary N) is 1. The summed E-state index contributed by atoms with van der Waals surface area (Å²) in [6, 6.07) is 0. The molecule has 0 radical (unpaired) electrons. The first kappa shape index (κ1) is 9.40. The lowest BCUT2D eigenvalue weighted by Gasteiger charge is -2.39. The van der Waals surface area contributed by atoms with Crippen LogP contribution in [0.5, 0.6) is 0 Å². The highest BCUT2D eigenvalue weighted by atomic mass is 16.5. The van der Waals surface area contributed by atoms with E-state index < -0.39 is 0 Å². The fourth-order valence-corrected chi connectivity index (χ4v) is 1.84. The zero-order chi connectivity index (χ0) is 9.10. The number of piperazine rings is 1. The van der Waals surface area contributed by atoms with Crippen LogP contribution in [0.2, 0.25) is 0 Å². The molecule has 2 heterocycles. The van der Waals surface area contributed by atoms with E-state index in [0.717, 1.165) is 45.8 Å². The monoisotopic (exact) mass is 185 g/mol. The predicted octanol–water partition coefficient (Wildman–Crippen LogP) is -0.473. The van der Waals surface area contributed by atoms with E-state index in [9.17, 15) is 0 Å². The summed E-state index contributed by atoms with van der Waals surface area (Å²) in [6.07, 6.45) is 1.33. The Bertz CT molecular complexity index is 151. The van der Waals surface area contributed by atoms with Crippen molar-refractivity contribution in [3.05, 3.63) is 0 Å². The van der Waals surface area contributed by atoms with Crippen LogP contribution < -0.4 is 5.32 Å². The van der Waals surface area contributed by atoms with E-state index in [0.29, 0.717) is 0 Å². The van der Waals surface area contributed by atoms with Crippen LogP contribution in [0.1, 0.15) is 6.42 Å². The standard InChI is InChI=1S/C9H19N3O/c1-11-4-6-12(7-5-11)9-10-3-2-8-13-9/h9-10H,2-8H2,1H3. The molecule has 0 aromatic heterocycles. The fourth-order valence-electron chi connectivity index (χ4n) is 1.84. The Labute approximate surface area is 79.8 Å². The summed E-state index contributed by atoms with van der Waals surface area (Å²) in [4.78, 5) is 4.75. The van der Waals surface area contributed by atoms with Gasteiger partial charge in [0.1, 0.15) is 0 Å². The lowest BCUT2D eigenvalue weighted by molar-refractivity contribution is -0.111. The second-order valence-electron chi connectivity index (χ2n) is 3.87. The van der Waals surface area contributed by atoms with Gasteiger partial charge in [0.15, 0.2) is 6.35 Å². The van der Waals surface area contributed by atoms with Gasteiger partial charge in [-0.15, -0.1) is 0 Å². The first-order valence-electron chi connectivity index (χ1n) is 5.14. The molecule has 76 valence electrons. The Balaban J connectivity index is 1.79. The van der Waals surface area contributed by atoms with Gasteiger partial charge in [-0.2, -0.15) is 0 Å². The summed E-state index contributed by atoms with van der Waals surface area (Å²) in [5.74, 6) is 0. The third kappa shape index (κ3) is 2.40. The molecule has 1 N–H and O–H groups in total. The maximum absolute atomic E-state index is 5.65. The lowest BCUT2D eigenvalue weighted by atomic mass is 10.3. The lowest BCUT2D eigenvalue weighted by Crippen LogP contribution is -2.56. The van der Waals surface area contributed by atoms with E-state index in [1.54, 1.807) is 0 Å². The summed E-state index contributed by atoms with van der Waals surface area (Å²) < 4.78 is 5.65. The minimum atomic E-state index is 0.183. The van der Waals surface area contributed by atoms with Gasteiger partial charge in [0, 0.05) is 32.7 Å². The molecular weight excluding hydrogens is 166 g/mol. The molecule has 0 bridgehead atoms. The van der Waals surface area contributed by atoms with Crippen LogP contribution in [0.15, 0.2) is 0 Å². The Kier molecular flexibility index (Phi) is 3.16. The number of rotatable bonds is 1. The van der Waals surface area contributed by atoms with Crippen molar-refractivity contribution in [1.82, 2.24) is 15.1 Å². The highest BCUT2D eigenvalue weighted by Crippen LogP contribution is 2.07. The number of likely N-dealkylation sites (N-methyl/N-ethyl adjacent to an activating group) is 1. The second kappa shape index (κ2) is 4.37. The molecule has 13 heavy (non-hydrogen) atoms. The molecule has 4 heteroatoms.